The highest BCUT2D eigenvalue weighted by atomic mass is 16.5. The first-order valence-corrected chi connectivity index (χ1v) is 9.12. The summed E-state index contributed by atoms with van der Waals surface area (Å²) in [6.07, 6.45) is 2.07. The highest BCUT2D eigenvalue weighted by molar-refractivity contribution is 6.04. The molecule has 0 aliphatic rings. The number of anilines is 1. The molecule has 3 aromatic rings. The van der Waals surface area contributed by atoms with Gasteiger partial charge in [0.25, 0.3) is 5.91 Å². The van der Waals surface area contributed by atoms with Crippen LogP contribution in [-0.4, -0.2) is 12.5 Å². The van der Waals surface area contributed by atoms with Gasteiger partial charge in [-0.2, -0.15) is 0 Å². The van der Waals surface area contributed by atoms with Gasteiger partial charge < -0.3 is 14.8 Å². The zero-order valence-electron chi connectivity index (χ0n) is 15.4. The van der Waals surface area contributed by atoms with Gasteiger partial charge >= 0.3 is 0 Å². The number of unbranched alkanes of at least 4 members (excludes halogenated alkanes) is 1. The Hall–Kier alpha value is -3.27. The zero-order valence-corrected chi connectivity index (χ0v) is 15.4. The number of para-hydroxylation sites is 1. The summed E-state index contributed by atoms with van der Waals surface area (Å²) in [5.74, 6) is 2.02. The second kappa shape index (κ2) is 9.43. The van der Waals surface area contributed by atoms with Gasteiger partial charge in [-0.05, 0) is 61.0 Å². The fourth-order valence-corrected chi connectivity index (χ4v) is 2.50. The fraction of sp³-hybridized carbons (Fsp3) is 0.174. The first kappa shape index (κ1) is 18.5. The summed E-state index contributed by atoms with van der Waals surface area (Å²) in [5.41, 5.74) is 1.27. The van der Waals surface area contributed by atoms with Crippen molar-refractivity contribution in [2.24, 2.45) is 0 Å². The van der Waals surface area contributed by atoms with E-state index in [1.54, 1.807) is 12.1 Å². The molecule has 4 heteroatoms. The van der Waals surface area contributed by atoms with Crippen LogP contribution in [0.1, 0.15) is 30.1 Å². The molecule has 1 N–H and O–H groups in total. The maximum Gasteiger partial charge on any atom is 0.255 e. The van der Waals surface area contributed by atoms with E-state index in [0.717, 1.165) is 18.6 Å². The van der Waals surface area contributed by atoms with Crippen molar-refractivity contribution in [3.63, 3.8) is 0 Å². The van der Waals surface area contributed by atoms with Gasteiger partial charge in [0, 0.05) is 11.3 Å². The number of rotatable bonds is 8. The van der Waals surface area contributed by atoms with E-state index in [-0.39, 0.29) is 5.91 Å². The molecule has 0 aliphatic heterocycles. The van der Waals surface area contributed by atoms with Gasteiger partial charge in [-0.3, -0.25) is 4.79 Å². The van der Waals surface area contributed by atoms with Crippen molar-refractivity contribution < 1.29 is 14.3 Å². The van der Waals surface area contributed by atoms with Crippen molar-refractivity contribution >= 4 is 11.6 Å². The molecule has 0 radical (unpaired) electrons. The summed E-state index contributed by atoms with van der Waals surface area (Å²) in [5, 5.41) is 2.89. The van der Waals surface area contributed by atoms with E-state index in [9.17, 15) is 4.79 Å². The molecule has 0 fully saturated rings. The summed E-state index contributed by atoms with van der Waals surface area (Å²) in [4.78, 5) is 12.5. The van der Waals surface area contributed by atoms with Crippen molar-refractivity contribution in [3.05, 3.63) is 84.4 Å². The molecule has 0 heterocycles. The minimum absolute atomic E-state index is 0.173. The minimum atomic E-state index is -0.173. The Balaban J connectivity index is 1.60. The van der Waals surface area contributed by atoms with Crippen LogP contribution in [-0.2, 0) is 0 Å². The molecule has 4 nitrogen and oxygen atoms in total. The first-order chi connectivity index (χ1) is 13.2. The number of hydrogen-bond donors (Lipinski definition) is 1. The number of ether oxygens (including phenoxy) is 2. The molecule has 0 aromatic heterocycles. The average molecular weight is 361 g/mol. The van der Waals surface area contributed by atoms with Crippen LogP contribution in [0.5, 0.6) is 17.2 Å². The van der Waals surface area contributed by atoms with Crippen molar-refractivity contribution in [2.45, 2.75) is 19.8 Å². The monoisotopic (exact) mass is 361 g/mol. The third-order valence-electron chi connectivity index (χ3n) is 3.95. The van der Waals surface area contributed by atoms with Crippen molar-refractivity contribution in [2.75, 3.05) is 11.9 Å². The van der Waals surface area contributed by atoms with Gasteiger partial charge in [0.05, 0.1) is 6.61 Å². The molecular formula is C23H23NO3. The number of benzene rings is 3. The summed E-state index contributed by atoms with van der Waals surface area (Å²) in [7, 11) is 0. The summed E-state index contributed by atoms with van der Waals surface area (Å²) in [6.45, 7) is 2.77. The third kappa shape index (κ3) is 5.61. The Labute approximate surface area is 159 Å². The summed E-state index contributed by atoms with van der Waals surface area (Å²) in [6, 6.07) is 24.1. The fourth-order valence-electron chi connectivity index (χ4n) is 2.50. The average Bonchev–Trinajstić information content (AvgIpc) is 2.71. The molecule has 0 atom stereocenters. The lowest BCUT2D eigenvalue weighted by molar-refractivity contribution is 0.102. The van der Waals surface area contributed by atoms with Gasteiger partial charge in [-0.1, -0.05) is 37.6 Å². The molecule has 3 aromatic carbocycles. The summed E-state index contributed by atoms with van der Waals surface area (Å²) >= 11 is 0. The standard InChI is InChI=1S/C23H23NO3/c1-2-3-16-26-22-11-7-8-18(17-22)23(25)24-19-12-14-21(15-13-19)27-20-9-5-4-6-10-20/h4-15,17H,2-3,16H2,1H3,(H,24,25). The second-order valence-corrected chi connectivity index (χ2v) is 6.12. The number of amides is 1. The molecule has 0 saturated heterocycles. The Morgan fingerprint density at radius 1 is 0.852 bits per heavy atom. The van der Waals surface area contributed by atoms with Crippen LogP contribution in [0.25, 0.3) is 0 Å². The molecule has 0 bridgehead atoms. The van der Waals surface area contributed by atoms with E-state index in [1.807, 2.05) is 66.7 Å². The largest absolute Gasteiger partial charge is 0.494 e. The Bertz CT molecular complexity index is 860. The maximum absolute atomic E-state index is 12.5. The van der Waals surface area contributed by atoms with E-state index < -0.39 is 0 Å². The molecular weight excluding hydrogens is 338 g/mol. The quantitative estimate of drug-likeness (QED) is 0.507. The van der Waals surface area contributed by atoms with Crippen molar-refractivity contribution in [1.82, 2.24) is 0 Å². The van der Waals surface area contributed by atoms with E-state index in [0.29, 0.717) is 29.4 Å². The Kier molecular flexibility index (Phi) is 6.47. The second-order valence-electron chi connectivity index (χ2n) is 6.12. The van der Waals surface area contributed by atoms with Gasteiger partial charge in [0.15, 0.2) is 0 Å². The third-order valence-corrected chi connectivity index (χ3v) is 3.95. The zero-order chi connectivity index (χ0) is 18.9. The predicted molar refractivity (Wildman–Crippen MR) is 108 cm³/mol. The summed E-state index contributed by atoms with van der Waals surface area (Å²) < 4.78 is 11.4. The minimum Gasteiger partial charge on any atom is -0.494 e. The van der Waals surface area contributed by atoms with Gasteiger partial charge in [0.1, 0.15) is 17.2 Å². The molecule has 0 unspecified atom stereocenters. The van der Waals surface area contributed by atoms with E-state index in [2.05, 4.69) is 12.2 Å². The van der Waals surface area contributed by atoms with Gasteiger partial charge in [-0.25, -0.2) is 0 Å². The van der Waals surface area contributed by atoms with Crippen LogP contribution in [0.15, 0.2) is 78.9 Å². The number of carbonyl (C=O) groups is 1. The van der Waals surface area contributed by atoms with Crippen molar-refractivity contribution in [1.29, 1.82) is 0 Å². The first-order valence-electron chi connectivity index (χ1n) is 9.12. The SMILES string of the molecule is CCCCOc1cccc(C(=O)Nc2ccc(Oc3ccccc3)cc2)c1. The number of hydrogen-bond acceptors (Lipinski definition) is 3. The topological polar surface area (TPSA) is 47.6 Å². The van der Waals surface area contributed by atoms with Crippen LogP contribution < -0.4 is 14.8 Å². The molecule has 27 heavy (non-hydrogen) atoms. The molecule has 3 rings (SSSR count). The van der Waals surface area contributed by atoms with Gasteiger partial charge in [0.2, 0.25) is 0 Å². The van der Waals surface area contributed by atoms with Crippen LogP contribution in [0.3, 0.4) is 0 Å². The van der Waals surface area contributed by atoms with Crippen LogP contribution in [0.4, 0.5) is 5.69 Å². The predicted octanol–water partition coefficient (Wildman–Crippen LogP) is 5.91. The number of carbonyl (C=O) groups excluding carboxylic acids is 1. The molecule has 0 aliphatic carbocycles. The maximum atomic E-state index is 12.5. The van der Waals surface area contributed by atoms with Crippen molar-refractivity contribution in [3.8, 4) is 17.2 Å². The van der Waals surface area contributed by atoms with Gasteiger partial charge in [-0.15, -0.1) is 0 Å². The Morgan fingerprint density at radius 2 is 1.56 bits per heavy atom. The molecule has 0 saturated carbocycles. The highest BCUT2D eigenvalue weighted by Gasteiger charge is 2.08. The lowest BCUT2D eigenvalue weighted by Gasteiger charge is -2.09. The smallest absolute Gasteiger partial charge is 0.255 e. The molecule has 0 spiro atoms. The van der Waals surface area contributed by atoms with E-state index >= 15 is 0 Å². The number of nitrogens with one attached hydrogen (secondary N) is 1. The van der Waals surface area contributed by atoms with Crippen LogP contribution in [0.2, 0.25) is 0 Å². The van der Waals surface area contributed by atoms with E-state index in [4.69, 9.17) is 9.47 Å². The van der Waals surface area contributed by atoms with Crippen LogP contribution >= 0.6 is 0 Å². The normalized spacial score (nSPS) is 10.3. The highest BCUT2D eigenvalue weighted by Crippen LogP contribution is 2.23. The Morgan fingerprint density at radius 3 is 2.30 bits per heavy atom. The molecule has 138 valence electrons. The lowest BCUT2D eigenvalue weighted by atomic mass is 10.2. The molecule has 1 amide bonds. The lowest BCUT2D eigenvalue weighted by Crippen LogP contribution is -2.12. The van der Waals surface area contributed by atoms with Crippen LogP contribution in [0, 0.1) is 0 Å². The van der Waals surface area contributed by atoms with E-state index in [1.165, 1.54) is 0 Å².